The largest absolute Gasteiger partial charge is 0.368 e. The minimum Gasteiger partial charge on any atom is -0.368 e. The van der Waals surface area contributed by atoms with E-state index in [1.165, 1.54) is 0 Å². The van der Waals surface area contributed by atoms with Gasteiger partial charge in [-0.15, -0.1) is 0 Å². The standard InChI is InChI=1S/C13H20N4O/c1-4-10(3)17(5-2)12(18)7-6-11-8-15-13(14)16-9-11/h6-10H,4-5H2,1-3H3,(H2,14,15,16)/b7-6+. The quantitative estimate of drug-likeness (QED) is 0.805. The fourth-order valence-electron chi connectivity index (χ4n) is 1.60. The molecule has 0 aliphatic carbocycles. The third kappa shape index (κ3) is 3.84. The van der Waals surface area contributed by atoms with Crippen LogP contribution >= 0.6 is 0 Å². The smallest absolute Gasteiger partial charge is 0.246 e. The van der Waals surface area contributed by atoms with E-state index in [1.807, 2.05) is 18.7 Å². The van der Waals surface area contributed by atoms with Crippen LogP contribution in [0.1, 0.15) is 32.8 Å². The van der Waals surface area contributed by atoms with E-state index in [-0.39, 0.29) is 17.9 Å². The predicted molar refractivity (Wildman–Crippen MR) is 72.6 cm³/mol. The topological polar surface area (TPSA) is 72.1 Å². The molecule has 1 aromatic heterocycles. The van der Waals surface area contributed by atoms with Crippen LogP contribution in [0.4, 0.5) is 5.95 Å². The third-order valence-corrected chi connectivity index (χ3v) is 2.86. The average molecular weight is 248 g/mol. The summed E-state index contributed by atoms with van der Waals surface area (Å²) in [6.45, 7) is 6.79. The molecule has 0 saturated heterocycles. The Morgan fingerprint density at radius 2 is 2.06 bits per heavy atom. The molecular weight excluding hydrogens is 228 g/mol. The Morgan fingerprint density at radius 1 is 1.44 bits per heavy atom. The van der Waals surface area contributed by atoms with Crippen molar-refractivity contribution in [2.24, 2.45) is 0 Å². The fraction of sp³-hybridized carbons (Fsp3) is 0.462. The van der Waals surface area contributed by atoms with Gasteiger partial charge in [0.25, 0.3) is 0 Å². The number of nitrogens with zero attached hydrogens (tertiary/aromatic N) is 3. The van der Waals surface area contributed by atoms with Crippen LogP contribution in [0.25, 0.3) is 6.08 Å². The Labute approximate surface area is 108 Å². The van der Waals surface area contributed by atoms with Crippen molar-refractivity contribution in [3.8, 4) is 0 Å². The second kappa shape index (κ2) is 6.74. The molecule has 0 aliphatic rings. The second-order valence-electron chi connectivity index (χ2n) is 4.09. The Balaban J connectivity index is 2.71. The van der Waals surface area contributed by atoms with Gasteiger partial charge in [0.2, 0.25) is 11.9 Å². The third-order valence-electron chi connectivity index (χ3n) is 2.86. The molecule has 2 N–H and O–H groups in total. The fourth-order valence-corrected chi connectivity index (χ4v) is 1.60. The van der Waals surface area contributed by atoms with E-state index in [0.717, 1.165) is 12.0 Å². The van der Waals surface area contributed by atoms with Crippen molar-refractivity contribution in [1.29, 1.82) is 0 Å². The summed E-state index contributed by atoms with van der Waals surface area (Å²) in [7, 11) is 0. The Bertz CT molecular complexity index is 414. The lowest BCUT2D eigenvalue weighted by Gasteiger charge is -2.25. The molecule has 0 aromatic carbocycles. The molecule has 1 amide bonds. The number of hydrogen-bond acceptors (Lipinski definition) is 4. The summed E-state index contributed by atoms with van der Waals surface area (Å²) in [4.78, 5) is 21.5. The van der Waals surface area contributed by atoms with Crippen molar-refractivity contribution < 1.29 is 4.79 Å². The molecule has 5 nitrogen and oxygen atoms in total. The van der Waals surface area contributed by atoms with Crippen molar-refractivity contribution in [1.82, 2.24) is 14.9 Å². The molecule has 0 saturated carbocycles. The maximum atomic E-state index is 12.0. The van der Waals surface area contributed by atoms with Gasteiger partial charge in [0, 0.05) is 36.6 Å². The summed E-state index contributed by atoms with van der Waals surface area (Å²) < 4.78 is 0. The lowest BCUT2D eigenvalue weighted by atomic mass is 10.2. The van der Waals surface area contributed by atoms with Crippen LogP contribution < -0.4 is 5.73 Å². The Hall–Kier alpha value is -1.91. The number of rotatable bonds is 5. The van der Waals surface area contributed by atoms with Crippen LogP contribution in [0.5, 0.6) is 0 Å². The van der Waals surface area contributed by atoms with Crippen LogP contribution in [0, 0.1) is 0 Å². The molecule has 0 radical (unpaired) electrons. The molecule has 0 fully saturated rings. The highest BCUT2D eigenvalue weighted by atomic mass is 16.2. The number of carbonyl (C=O) groups excluding carboxylic acids is 1. The van der Waals surface area contributed by atoms with E-state index in [2.05, 4.69) is 16.9 Å². The number of nitrogen functional groups attached to an aromatic ring is 1. The van der Waals surface area contributed by atoms with Gasteiger partial charge in [-0.3, -0.25) is 4.79 Å². The molecular formula is C13H20N4O. The zero-order chi connectivity index (χ0) is 13.5. The number of amides is 1. The molecule has 1 atom stereocenters. The van der Waals surface area contributed by atoms with Crippen LogP contribution in [0.15, 0.2) is 18.5 Å². The maximum Gasteiger partial charge on any atom is 0.246 e. The highest BCUT2D eigenvalue weighted by Crippen LogP contribution is 2.06. The summed E-state index contributed by atoms with van der Waals surface area (Å²) in [5.74, 6) is 0.233. The molecule has 1 rings (SSSR count). The lowest BCUT2D eigenvalue weighted by molar-refractivity contribution is -0.127. The zero-order valence-corrected chi connectivity index (χ0v) is 11.1. The first-order valence-corrected chi connectivity index (χ1v) is 6.14. The zero-order valence-electron chi connectivity index (χ0n) is 11.1. The van der Waals surface area contributed by atoms with E-state index < -0.39 is 0 Å². The summed E-state index contributed by atoms with van der Waals surface area (Å²) in [6, 6.07) is 0.245. The second-order valence-corrected chi connectivity index (χ2v) is 4.09. The minimum absolute atomic E-state index is 0.00340. The van der Waals surface area contributed by atoms with E-state index in [9.17, 15) is 4.79 Å². The first kappa shape index (κ1) is 14.2. The minimum atomic E-state index is 0.00340. The highest BCUT2D eigenvalue weighted by Gasteiger charge is 2.13. The predicted octanol–water partition coefficient (Wildman–Crippen LogP) is 1.72. The first-order chi connectivity index (χ1) is 8.58. The van der Waals surface area contributed by atoms with Gasteiger partial charge in [-0.1, -0.05) is 6.92 Å². The van der Waals surface area contributed by atoms with Crippen molar-refractivity contribution >= 4 is 17.9 Å². The van der Waals surface area contributed by atoms with Gasteiger partial charge in [-0.25, -0.2) is 9.97 Å². The van der Waals surface area contributed by atoms with Gasteiger partial charge in [0.05, 0.1) is 0 Å². The van der Waals surface area contributed by atoms with E-state index in [4.69, 9.17) is 5.73 Å². The van der Waals surface area contributed by atoms with Crippen molar-refractivity contribution in [2.45, 2.75) is 33.2 Å². The van der Waals surface area contributed by atoms with Gasteiger partial charge in [-0.05, 0) is 26.3 Å². The Kier molecular flexibility index (Phi) is 5.30. The number of likely N-dealkylation sites (N-methyl/N-ethyl adjacent to an activating group) is 1. The highest BCUT2D eigenvalue weighted by molar-refractivity contribution is 5.91. The van der Waals surface area contributed by atoms with Gasteiger partial charge < -0.3 is 10.6 Å². The Morgan fingerprint density at radius 3 is 2.56 bits per heavy atom. The molecule has 1 heterocycles. The van der Waals surface area contributed by atoms with Crippen LogP contribution in [0.2, 0.25) is 0 Å². The van der Waals surface area contributed by atoms with Crippen LogP contribution in [-0.2, 0) is 4.79 Å². The van der Waals surface area contributed by atoms with Gasteiger partial charge >= 0.3 is 0 Å². The van der Waals surface area contributed by atoms with Crippen LogP contribution in [0.3, 0.4) is 0 Å². The molecule has 0 aliphatic heterocycles. The monoisotopic (exact) mass is 248 g/mol. The lowest BCUT2D eigenvalue weighted by Crippen LogP contribution is -2.36. The number of hydrogen-bond donors (Lipinski definition) is 1. The first-order valence-electron chi connectivity index (χ1n) is 6.14. The normalized spacial score (nSPS) is 12.6. The summed E-state index contributed by atoms with van der Waals surface area (Å²) >= 11 is 0. The van der Waals surface area contributed by atoms with Gasteiger partial charge in [0.1, 0.15) is 0 Å². The summed E-state index contributed by atoms with van der Waals surface area (Å²) in [5.41, 5.74) is 6.15. The maximum absolute atomic E-state index is 12.0. The number of nitrogens with two attached hydrogens (primary N) is 1. The summed E-state index contributed by atoms with van der Waals surface area (Å²) in [6.07, 6.45) is 7.37. The SMILES string of the molecule is CCC(C)N(CC)C(=O)/C=C/c1cnc(N)nc1. The molecule has 1 unspecified atom stereocenters. The van der Waals surface area contributed by atoms with Crippen molar-refractivity contribution in [3.05, 3.63) is 24.0 Å². The van der Waals surface area contributed by atoms with E-state index >= 15 is 0 Å². The number of anilines is 1. The molecule has 18 heavy (non-hydrogen) atoms. The molecule has 0 bridgehead atoms. The van der Waals surface area contributed by atoms with Gasteiger partial charge in [0.15, 0.2) is 0 Å². The van der Waals surface area contributed by atoms with Crippen molar-refractivity contribution in [3.63, 3.8) is 0 Å². The van der Waals surface area contributed by atoms with E-state index in [0.29, 0.717) is 6.54 Å². The number of carbonyl (C=O) groups is 1. The number of aromatic nitrogens is 2. The average Bonchev–Trinajstić information content (AvgIpc) is 2.38. The van der Waals surface area contributed by atoms with Crippen molar-refractivity contribution in [2.75, 3.05) is 12.3 Å². The molecule has 1 aromatic rings. The van der Waals surface area contributed by atoms with Crippen LogP contribution in [-0.4, -0.2) is 33.4 Å². The van der Waals surface area contributed by atoms with Gasteiger partial charge in [-0.2, -0.15) is 0 Å². The molecule has 5 heteroatoms. The molecule has 0 spiro atoms. The van der Waals surface area contributed by atoms with E-state index in [1.54, 1.807) is 24.5 Å². The summed E-state index contributed by atoms with van der Waals surface area (Å²) in [5, 5.41) is 0. The molecule has 98 valence electrons.